The first-order chi connectivity index (χ1) is 21.8. The third-order valence-corrected chi connectivity index (χ3v) is 10.2. The first-order valence-electron chi connectivity index (χ1n) is 16.8. The Morgan fingerprint density at radius 3 is 1.43 bits per heavy atom. The standard InChI is InChI=1S/C42H52O4/c1-11-41(9,12-2)39(43)31-15-19-34(20-16-31)44-35-21-23-36(24-22-35)45-37-25-17-32(27-29(37)5)40(7,8)33-18-26-38(30(6)28-33)46-42(10,13-3)14-4/h15-28H,11-14H2,1-10H3. The van der Waals surface area contributed by atoms with Gasteiger partial charge in [0.2, 0.25) is 0 Å². The quantitative estimate of drug-likeness (QED) is 0.132. The number of rotatable bonds is 14. The van der Waals surface area contributed by atoms with E-state index in [2.05, 4.69) is 98.7 Å². The molecule has 244 valence electrons. The normalized spacial score (nSPS) is 12.1. The first kappa shape index (κ1) is 34.8. The van der Waals surface area contributed by atoms with E-state index in [-0.39, 0.29) is 22.2 Å². The summed E-state index contributed by atoms with van der Waals surface area (Å²) >= 11 is 0. The van der Waals surface area contributed by atoms with Gasteiger partial charge in [-0.15, -0.1) is 0 Å². The molecule has 0 bridgehead atoms. The predicted molar refractivity (Wildman–Crippen MR) is 190 cm³/mol. The lowest BCUT2D eigenvalue weighted by Crippen LogP contribution is -2.30. The summed E-state index contributed by atoms with van der Waals surface area (Å²) in [4.78, 5) is 13.0. The molecule has 4 aromatic carbocycles. The Hall–Kier alpha value is -4.05. The van der Waals surface area contributed by atoms with Gasteiger partial charge in [-0.1, -0.05) is 72.7 Å². The number of Topliss-reactive ketones (excluding diaryl/α,β-unsaturated/α-hetero) is 1. The third kappa shape index (κ3) is 7.66. The maximum atomic E-state index is 13.0. The number of aryl methyl sites for hydroxylation is 2. The molecule has 0 aromatic heterocycles. The predicted octanol–water partition coefficient (Wildman–Crippen LogP) is 12.2. The second-order valence-electron chi connectivity index (χ2n) is 13.6. The smallest absolute Gasteiger partial charge is 0.168 e. The van der Waals surface area contributed by atoms with E-state index >= 15 is 0 Å². The van der Waals surface area contributed by atoms with Crippen molar-refractivity contribution in [2.75, 3.05) is 0 Å². The van der Waals surface area contributed by atoms with Crippen molar-refractivity contribution in [2.24, 2.45) is 5.41 Å². The van der Waals surface area contributed by atoms with Gasteiger partial charge in [-0.3, -0.25) is 4.79 Å². The minimum atomic E-state index is -0.334. The fourth-order valence-corrected chi connectivity index (χ4v) is 5.56. The monoisotopic (exact) mass is 620 g/mol. The van der Waals surface area contributed by atoms with Crippen LogP contribution in [0.25, 0.3) is 0 Å². The average Bonchev–Trinajstić information content (AvgIpc) is 3.06. The molecule has 4 heteroatoms. The zero-order chi connectivity index (χ0) is 33.7. The molecule has 4 nitrogen and oxygen atoms in total. The molecule has 0 radical (unpaired) electrons. The van der Waals surface area contributed by atoms with Gasteiger partial charge in [-0.05, 0) is 129 Å². The largest absolute Gasteiger partial charge is 0.487 e. The summed E-state index contributed by atoms with van der Waals surface area (Å²) < 4.78 is 18.8. The van der Waals surface area contributed by atoms with Gasteiger partial charge < -0.3 is 14.2 Å². The summed E-state index contributed by atoms with van der Waals surface area (Å²) in [6, 6.07) is 28.0. The molecule has 0 aliphatic carbocycles. The lowest BCUT2D eigenvalue weighted by atomic mass is 9.77. The third-order valence-electron chi connectivity index (χ3n) is 10.2. The lowest BCUT2D eigenvalue weighted by Gasteiger charge is -2.31. The van der Waals surface area contributed by atoms with Crippen LogP contribution in [0.3, 0.4) is 0 Å². The summed E-state index contributed by atoms with van der Waals surface area (Å²) in [6.45, 7) is 21.4. The zero-order valence-electron chi connectivity index (χ0n) is 29.5. The molecule has 0 unspecified atom stereocenters. The summed E-state index contributed by atoms with van der Waals surface area (Å²) in [6.07, 6.45) is 3.58. The molecule has 0 saturated carbocycles. The highest BCUT2D eigenvalue weighted by Crippen LogP contribution is 2.38. The van der Waals surface area contributed by atoms with E-state index in [1.54, 1.807) is 0 Å². The van der Waals surface area contributed by atoms with E-state index in [4.69, 9.17) is 14.2 Å². The van der Waals surface area contributed by atoms with Crippen LogP contribution in [0, 0.1) is 19.3 Å². The van der Waals surface area contributed by atoms with Gasteiger partial charge in [0.05, 0.1) is 0 Å². The van der Waals surface area contributed by atoms with Crippen molar-refractivity contribution >= 4 is 5.78 Å². The van der Waals surface area contributed by atoms with Crippen molar-refractivity contribution in [1.82, 2.24) is 0 Å². The van der Waals surface area contributed by atoms with Gasteiger partial charge >= 0.3 is 0 Å². The molecular weight excluding hydrogens is 568 g/mol. The Labute approximate surface area is 277 Å². The van der Waals surface area contributed by atoms with E-state index in [1.165, 1.54) is 11.1 Å². The number of carbonyl (C=O) groups is 1. The molecule has 4 aromatic rings. The first-order valence-corrected chi connectivity index (χ1v) is 16.8. The average molecular weight is 621 g/mol. The van der Waals surface area contributed by atoms with Crippen LogP contribution in [0.15, 0.2) is 84.9 Å². The fourth-order valence-electron chi connectivity index (χ4n) is 5.56. The number of carbonyl (C=O) groups excluding carboxylic acids is 1. The Balaban J connectivity index is 1.42. The number of ketones is 1. The number of benzene rings is 4. The van der Waals surface area contributed by atoms with Crippen LogP contribution >= 0.6 is 0 Å². The maximum Gasteiger partial charge on any atom is 0.168 e. The van der Waals surface area contributed by atoms with Crippen molar-refractivity contribution in [2.45, 2.75) is 106 Å². The molecule has 0 N–H and O–H groups in total. The van der Waals surface area contributed by atoms with Gasteiger partial charge in [-0.25, -0.2) is 0 Å². The maximum absolute atomic E-state index is 13.0. The van der Waals surface area contributed by atoms with Crippen LogP contribution in [-0.2, 0) is 5.41 Å². The van der Waals surface area contributed by atoms with Gasteiger partial charge in [0.25, 0.3) is 0 Å². The molecule has 0 atom stereocenters. The lowest BCUT2D eigenvalue weighted by molar-refractivity contribution is 0.0792. The summed E-state index contributed by atoms with van der Waals surface area (Å²) in [7, 11) is 0. The highest BCUT2D eigenvalue weighted by atomic mass is 16.5. The number of hydrogen-bond acceptors (Lipinski definition) is 4. The van der Waals surface area contributed by atoms with Crippen LogP contribution in [0.5, 0.6) is 28.7 Å². The van der Waals surface area contributed by atoms with Gasteiger partial charge in [-0.2, -0.15) is 0 Å². The topological polar surface area (TPSA) is 44.8 Å². The van der Waals surface area contributed by atoms with E-state index in [0.29, 0.717) is 11.5 Å². The van der Waals surface area contributed by atoms with E-state index < -0.39 is 0 Å². The molecule has 46 heavy (non-hydrogen) atoms. The Morgan fingerprint density at radius 1 is 0.565 bits per heavy atom. The van der Waals surface area contributed by atoms with Crippen molar-refractivity contribution in [3.63, 3.8) is 0 Å². The second-order valence-corrected chi connectivity index (χ2v) is 13.6. The van der Waals surface area contributed by atoms with Crippen molar-refractivity contribution in [3.8, 4) is 28.7 Å². The Kier molecular flexibility index (Phi) is 10.7. The number of ether oxygens (including phenoxy) is 3. The van der Waals surface area contributed by atoms with Crippen LogP contribution in [0.4, 0.5) is 0 Å². The van der Waals surface area contributed by atoms with Crippen LogP contribution in [-0.4, -0.2) is 11.4 Å². The second kappa shape index (κ2) is 14.2. The zero-order valence-corrected chi connectivity index (χ0v) is 29.5. The SMILES string of the molecule is CCC(C)(CC)Oc1ccc(C(C)(C)c2ccc(Oc3ccc(Oc4ccc(C(=O)C(C)(CC)CC)cc4)cc3)c(C)c2)cc1C. The van der Waals surface area contributed by atoms with Crippen molar-refractivity contribution in [3.05, 3.63) is 113 Å². The highest BCUT2D eigenvalue weighted by molar-refractivity contribution is 6.00. The van der Waals surface area contributed by atoms with E-state index in [0.717, 1.165) is 59.6 Å². The molecule has 4 rings (SSSR count). The molecule has 0 spiro atoms. The van der Waals surface area contributed by atoms with Gasteiger partial charge in [0, 0.05) is 16.4 Å². The van der Waals surface area contributed by atoms with Gasteiger partial charge in [0.1, 0.15) is 34.3 Å². The molecule has 0 amide bonds. The molecule has 0 fully saturated rings. The van der Waals surface area contributed by atoms with E-state index in [1.807, 2.05) is 55.5 Å². The molecule has 0 aliphatic heterocycles. The molecule has 0 aliphatic rings. The van der Waals surface area contributed by atoms with Crippen molar-refractivity contribution < 1.29 is 19.0 Å². The summed E-state index contributed by atoms with van der Waals surface area (Å²) in [5.41, 5.74) is 4.74. The number of hydrogen-bond donors (Lipinski definition) is 0. The van der Waals surface area contributed by atoms with E-state index in [9.17, 15) is 4.79 Å². The summed E-state index contributed by atoms with van der Waals surface area (Å²) in [5.74, 6) is 4.08. The minimum Gasteiger partial charge on any atom is -0.487 e. The highest BCUT2D eigenvalue weighted by Gasteiger charge is 2.30. The van der Waals surface area contributed by atoms with Crippen LogP contribution < -0.4 is 14.2 Å². The summed E-state index contributed by atoms with van der Waals surface area (Å²) in [5, 5.41) is 0. The molecule has 0 heterocycles. The van der Waals surface area contributed by atoms with Gasteiger partial charge in [0.15, 0.2) is 5.78 Å². The molecule has 0 saturated heterocycles. The Bertz CT molecular complexity index is 1620. The van der Waals surface area contributed by atoms with Crippen LogP contribution in [0.1, 0.15) is 114 Å². The fraction of sp³-hybridized carbons (Fsp3) is 0.405. The van der Waals surface area contributed by atoms with Crippen molar-refractivity contribution in [1.29, 1.82) is 0 Å². The Morgan fingerprint density at radius 2 is 1.00 bits per heavy atom. The minimum absolute atomic E-state index is 0.150. The van der Waals surface area contributed by atoms with Crippen LogP contribution in [0.2, 0.25) is 0 Å². The molecular formula is C42H52O4.